The average molecular weight is 458 g/mol. The number of ketones is 1. The molecule has 1 aliphatic heterocycles. The van der Waals surface area contributed by atoms with Gasteiger partial charge in [0.05, 0.1) is 23.2 Å². The molecule has 0 atom stereocenters. The standard InChI is InChI=1S/C28H27NO5/c30-24(28-12-18-8-19(13-28)10-20(9-18)14-28)16-34-27(33)21-5-3-4-17(11-21)15-29-25(31)22-6-1-2-7-23(22)26(29)32/h1-7,11,18-20H,8-10,12-16H2. The van der Waals surface area contributed by atoms with Gasteiger partial charge in [-0.15, -0.1) is 0 Å². The SMILES string of the molecule is O=C(OCC(=O)C12CC3CC(CC(C3)C1)C2)c1cccc(CN2C(=O)c3ccccc3C2=O)c1. The molecular formula is C28H27NO5. The van der Waals surface area contributed by atoms with Crippen molar-refractivity contribution in [2.45, 2.75) is 45.1 Å². The molecule has 6 nitrogen and oxygen atoms in total. The first-order chi connectivity index (χ1) is 16.4. The molecule has 1 heterocycles. The Labute approximate surface area is 198 Å². The summed E-state index contributed by atoms with van der Waals surface area (Å²) in [6.45, 7) is -0.118. The van der Waals surface area contributed by atoms with Gasteiger partial charge >= 0.3 is 5.97 Å². The zero-order valence-electron chi connectivity index (χ0n) is 19.0. The molecular weight excluding hydrogens is 430 g/mol. The van der Waals surface area contributed by atoms with Crippen molar-refractivity contribution in [3.8, 4) is 0 Å². The van der Waals surface area contributed by atoms with Crippen LogP contribution in [0.15, 0.2) is 48.5 Å². The molecule has 0 unspecified atom stereocenters. The van der Waals surface area contributed by atoms with Gasteiger partial charge in [-0.05, 0) is 86.1 Å². The van der Waals surface area contributed by atoms with E-state index < -0.39 is 5.97 Å². The number of benzene rings is 2. The number of fused-ring (bicyclic) bond motifs is 1. The molecule has 2 amide bonds. The average Bonchev–Trinajstić information content (AvgIpc) is 3.06. The predicted octanol–water partition coefficient (Wildman–Crippen LogP) is 4.43. The Hall–Kier alpha value is -3.28. The summed E-state index contributed by atoms with van der Waals surface area (Å²) < 4.78 is 5.46. The second-order valence-corrected chi connectivity index (χ2v) is 10.6. The Bertz CT molecular complexity index is 1140. The summed E-state index contributed by atoms with van der Waals surface area (Å²) in [6.07, 6.45) is 6.62. The van der Waals surface area contributed by atoms with Gasteiger partial charge in [0.15, 0.2) is 12.4 Å². The van der Waals surface area contributed by atoms with Crippen LogP contribution >= 0.6 is 0 Å². The van der Waals surface area contributed by atoms with Crippen LogP contribution in [-0.2, 0) is 16.1 Å². The second kappa shape index (κ2) is 7.90. The van der Waals surface area contributed by atoms with Crippen LogP contribution in [0.3, 0.4) is 0 Å². The monoisotopic (exact) mass is 457 g/mol. The normalized spacial score (nSPS) is 28.8. The number of imide groups is 1. The Morgan fingerprint density at radius 3 is 2.03 bits per heavy atom. The summed E-state index contributed by atoms with van der Waals surface area (Å²) in [4.78, 5) is 52.4. The first-order valence-corrected chi connectivity index (χ1v) is 12.2. The number of rotatable bonds is 6. The number of carbonyl (C=O) groups is 4. The summed E-state index contributed by atoms with van der Waals surface area (Å²) in [7, 11) is 0. The fourth-order valence-electron chi connectivity index (χ4n) is 7.18. The summed E-state index contributed by atoms with van der Waals surface area (Å²) in [5.41, 5.74) is 1.46. The largest absolute Gasteiger partial charge is 0.454 e. The molecule has 4 saturated carbocycles. The van der Waals surface area contributed by atoms with Gasteiger partial charge in [-0.1, -0.05) is 24.3 Å². The van der Waals surface area contributed by atoms with Crippen molar-refractivity contribution < 1.29 is 23.9 Å². The number of hydrogen-bond donors (Lipinski definition) is 0. The number of esters is 1. The van der Waals surface area contributed by atoms with Crippen LogP contribution in [0, 0.1) is 23.2 Å². The molecule has 2 aromatic carbocycles. The molecule has 0 radical (unpaired) electrons. The quantitative estimate of drug-likeness (QED) is 0.474. The van der Waals surface area contributed by atoms with E-state index in [1.54, 1.807) is 48.5 Å². The topological polar surface area (TPSA) is 80.8 Å². The number of carbonyl (C=O) groups excluding carboxylic acids is 4. The van der Waals surface area contributed by atoms with Crippen LogP contribution in [0.25, 0.3) is 0 Å². The van der Waals surface area contributed by atoms with Gasteiger partial charge in [0, 0.05) is 5.41 Å². The van der Waals surface area contributed by atoms with Crippen LogP contribution in [0.5, 0.6) is 0 Å². The molecule has 0 N–H and O–H groups in total. The van der Waals surface area contributed by atoms with Gasteiger partial charge < -0.3 is 4.74 Å². The third kappa shape index (κ3) is 3.47. The highest BCUT2D eigenvalue weighted by atomic mass is 16.5. The van der Waals surface area contributed by atoms with Crippen LogP contribution in [0.2, 0.25) is 0 Å². The van der Waals surface area contributed by atoms with E-state index in [0.717, 1.165) is 19.3 Å². The molecule has 0 spiro atoms. The molecule has 0 saturated heterocycles. The maximum atomic E-state index is 13.2. The van der Waals surface area contributed by atoms with Crippen molar-refractivity contribution in [1.82, 2.24) is 4.90 Å². The number of nitrogens with zero attached hydrogens (tertiary/aromatic N) is 1. The molecule has 5 aliphatic rings. The zero-order valence-corrected chi connectivity index (χ0v) is 19.0. The lowest BCUT2D eigenvalue weighted by molar-refractivity contribution is -0.147. The minimum atomic E-state index is -0.553. The van der Waals surface area contributed by atoms with Gasteiger partial charge in [0.1, 0.15) is 0 Å². The molecule has 7 rings (SSSR count). The smallest absolute Gasteiger partial charge is 0.338 e. The van der Waals surface area contributed by atoms with Crippen molar-refractivity contribution in [2.75, 3.05) is 6.61 Å². The first-order valence-electron chi connectivity index (χ1n) is 12.2. The van der Waals surface area contributed by atoms with E-state index in [4.69, 9.17) is 4.74 Å². The summed E-state index contributed by atoms with van der Waals surface area (Å²) in [5, 5.41) is 0. The number of ether oxygens (including phenoxy) is 1. The predicted molar refractivity (Wildman–Crippen MR) is 123 cm³/mol. The lowest BCUT2D eigenvalue weighted by atomic mass is 9.48. The molecule has 34 heavy (non-hydrogen) atoms. The third-order valence-corrected chi connectivity index (χ3v) is 8.35. The van der Waals surface area contributed by atoms with Crippen LogP contribution in [0.4, 0.5) is 0 Å². The molecule has 4 fully saturated rings. The highest BCUT2D eigenvalue weighted by Gasteiger charge is 2.54. The van der Waals surface area contributed by atoms with E-state index in [-0.39, 0.29) is 36.2 Å². The fraction of sp³-hybridized carbons (Fsp3) is 0.429. The zero-order chi connectivity index (χ0) is 23.4. The van der Waals surface area contributed by atoms with Crippen molar-refractivity contribution >= 4 is 23.6 Å². The van der Waals surface area contributed by atoms with E-state index in [1.165, 1.54) is 24.2 Å². The molecule has 174 valence electrons. The van der Waals surface area contributed by atoms with E-state index in [9.17, 15) is 19.2 Å². The Balaban J connectivity index is 1.11. The van der Waals surface area contributed by atoms with Gasteiger partial charge in [-0.3, -0.25) is 19.3 Å². The minimum Gasteiger partial charge on any atom is -0.454 e. The summed E-state index contributed by atoms with van der Waals surface area (Å²) >= 11 is 0. The van der Waals surface area contributed by atoms with Crippen molar-refractivity contribution in [1.29, 1.82) is 0 Å². The Morgan fingerprint density at radius 2 is 1.44 bits per heavy atom. The fourth-order valence-corrected chi connectivity index (χ4v) is 7.18. The maximum absolute atomic E-state index is 13.2. The Morgan fingerprint density at radius 1 is 0.853 bits per heavy atom. The molecule has 0 aromatic heterocycles. The van der Waals surface area contributed by atoms with Gasteiger partial charge in [0.2, 0.25) is 0 Å². The van der Waals surface area contributed by atoms with E-state index in [1.807, 2.05) is 0 Å². The van der Waals surface area contributed by atoms with Crippen LogP contribution in [0.1, 0.15) is 75.2 Å². The maximum Gasteiger partial charge on any atom is 0.338 e. The highest BCUT2D eigenvalue weighted by molar-refractivity contribution is 6.21. The first kappa shape index (κ1) is 21.3. The second-order valence-electron chi connectivity index (χ2n) is 10.6. The summed E-state index contributed by atoms with van der Waals surface area (Å²) in [5.74, 6) is 0.813. The lowest BCUT2D eigenvalue weighted by Gasteiger charge is -2.55. The van der Waals surface area contributed by atoms with E-state index in [0.29, 0.717) is 40.0 Å². The Kier molecular flexibility index (Phi) is 4.94. The van der Waals surface area contributed by atoms with Crippen molar-refractivity contribution in [2.24, 2.45) is 23.2 Å². The number of hydrogen-bond acceptors (Lipinski definition) is 5. The minimum absolute atomic E-state index is 0.0691. The molecule has 6 heteroatoms. The van der Waals surface area contributed by atoms with E-state index >= 15 is 0 Å². The van der Waals surface area contributed by atoms with Crippen LogP contribution in [-0.4, -0.2) is 35.1 Å². The molecule has 4 bridgehead atoms. The molecule has 4 aliphatic carbocycles. The highest BCUT2D eigenvalue weighted by Crippen LogP contribution is 2.60. The van der Waals surface area contributed by atoms with Gasteiger partial charge in [-0.2, -0.15) is 0 Å². The summed E-state index contributed by atoms with van der Waals surface area (Å²) in [6, 6.07) is 13.5. The van der Waals surface area contributed by atoms with Crippen molar-refractivity contribution in [3.05, 3.63) is 70.8 Å². The van der Waals surface area contributed by atoms with Crippen LogP contribution < -0.4 is 0 Å². The van der Waals surface area contributed by atoms with Gasteiger partial charge in [0.25, 0.3) is 11.8 Å². The van der Waals surface area contributed by atoms with E-state index in [2.05, 4.69) is 0 Å². The van der Waals surface area contributed by atoms with Gasteiger partial charge in [-0.25, -0.2) is 4.79 Å². The molecule has 2 aromatic rings. The lowest BCUT2D eigenvalue weighted by Crippen LogP contribution is -2.51. The third-order valence-electron chi connectivity index (χ3n) is 8.35. The number of Topliss-reactive ketones (excluding diaryl/α,β-unsaturated/α-hetero) is 1. The number of amides is 2. The van der Waals surface area contributed by atoms with Crippen molar-refractivity contribution in [3.63, 3.8) is 0 Å².